The maximum atomic E-state index is 12.7. The molecule has 0 radical (unpaired) electrons. The molecular formula is C23H22N2O6. The predicted octanol–water partition coefficient (Wildman–Crippen LogP) is 3.95. The maximum Gasteiger partial charge on any atom is 0.343 e. The zero-order chi connectivity index (χ0) is 22.5. The van der Waals surface area contributed by atoms with E-state index < -0.39 is 28.8 Å². The number of hydrogen-bond donors (Lipinski definition) is 0. The van der Waals surface area contributed by atoms with Crippen LogP contribution in [0.2, 0.25) is 0 Å². The van der Waals surface area contributed by atoms with Crippen LogP contribution in [0.4, 0.5) is 0 Å². The summed E-state index contributed by atoms with van der Waals surface area (Å²) in [6, 6.07) is 13.6. The van der Waals surface area contributed by atoms with Crippen molar-refractivity contribution in [1.29, 1.82) is 0 Å². The van der Waals surface area contributed by atoms with Crippen molar-refractivity contribution in [1.82, 2.24) is 0 Å². The van der Waals surface area contributed by atoms with E-state index in [2.05, 4.69) is 4.99 Å². The van der Waals surface area contributed by atoms with Gasteiger partial charge in [0.15, 0.2) is 0 Å². The Morgan fingerprint density at radius 2 is 1.68 bits per heavy atom. The van der Waals surface area contributed by atoms with Crippen molar-refractivity contribution in [2.24, 2.45) is 4.99 Å². The first-order valence-corrected chi connectivity index (χ1v) is 9.77. The molecule has 0 saturated heterocycles. The number of hydrogen-bond acceptors (Lipinski definition) is 7. The second-order valence-corrected chi connectivity index (χ2v) is 6.97. The summed E-state index contributed by atoms with van der Waals surface area (Å²) in [6.07, 6.45) is 0. The lowest BCUT2D eigenvalue weighted by molar-refractivity contribution is -0.505. The number of esters is 2. The van der Waals surface area contributed by atoms with Crippen LogP contribution in [0.25, 0.3) is 0 Å². The van der Waals surface area contributed by atoms with Gasteiger partial charge < -0.3 is 9.47 Å². The minimum atomic E-state index is -1.31. The van der Waals surface area contributed by atoms with Crippen molar-refractivity contribution in [3.63, 3.8) is 0 Å². The Morgan fingerprint density at radius 3 is 2.32 bits per heavy atom. The van der Waals surface area contributed by atoms with Gasteiger partial charge in [-0.2, -0.15) is 0 Å². The zero-order valence-electron chi connectivity index (χ0n) is 17.4. The van der Waals surface area contributed by atoms with Crippen LogP contribution < -0.4 is 4.74 Å². The van der Waals surface area contributed by atoms with Crippen molar-refractivity contribution >= 4 is 17.7 Å². The summed E-state index contributed by atoms with van der Waals surface area (Å²) in [5.41, 5.74) is 1.34. The fourth-order valence-corrected chi connectivity index (χ4v) is 3.66. The monoisotopic (exact) mass is 422 g/mol. The van der Waals surface area contributed by atoms with E-state index in [0.29, 0.717) is 16.8 Å². The first-order valence-electron chi connectivity index (χ1n) is 9.77. The second kappa shape index (κ2) is 9.34. The van der Waals surface area contributed by atoms with Gasteiger partial charge in [0.25, 0.3) is 6.04 Å². The van der Waals surface area contributed by atoms with Crippen LogP contribution in [0.15, 0.2) is 70.9 Å². The molecule has 0 saturated carbocycles. The smallest absolute Gasteiger partial charge is 0.343 e. The minimum Gasteiger partial charge on any atom is -0.463 e. The van der Waals surface area contributed by atoms with Gasteiger partial charge >= 0.3 is 11.9 Å². The molecule has 0 bridgehead atoms. The van der Waals surface area contributed by atoms with Gasteiger partial charge in [0, 0.05) is 16.2 Å². The summed E-state index contributed by atoms with van der Waals surface area (Å²) in [6.45, 7) is 4.92. The van der Waals surface area contributed by atoms with Crippen LogP contribution in [-0.4, -0.2) is 35.2 Å². The number of nitrogens with zero attached hydrogens (tertiary/aromatic N) is 2. The molecule has 1 aliphatic rings. The van der Waals surface area contributed by atoms with Crippen LogP contribution in [-0.2, 0) is 9.53 Å². The molecule has 0 aliphatic carbocycles. The molecule has 0 aromatic heterocycles. The van der Waals surface area contributed by atoms with E-state index in [1.807, 2.05) is 0 Å². The van der Waals surface area contributed by atoms with Gasteiger partial charge in [0.1, 0.15) is 5.75 Å². The van der Waals surface area contributed by atoms with Gasteiger partial charge in [0.05, 0.1) is 29.4 Å². The van der Waals surface area contributed by atoms with Crippen molar-refractivity contribution in [3.8, 4) is 5.75 Å². The number of allylic oxidation sites excluding steroid dienone is 1. The number of nitro groups is 1. The number of carbonyl (C=O) groups excluding carboxylic acids is 2. The molecule has 2 unspecified atom stereocenters. The third-order valence-corrected chi connectivity index (χ3v) is 4.98. The summed E-state index contributed by atoms with van der Waals surface area (Å²) in [5.74, 6) is -2.17. The summed E-state index contributed by atoms with van der Waals surface area (Å²) >= 11 is 0. The highest BCUT2D eigenvalue weighted by Crippen LogP contribution is 2.41. The Morgan fingerprint density at radius 1 is 1.03 bits per heavy atom. The molecule has 2 aromatic rings. The van der Waals surface area contributed by atoms with E-state index in [1.165, 1.54) is 0 Å². The van der Waals surface area contributed by atoms with E-state index in [1.54, 1.807) is 75.4 Å². The minimum absolute atomic E-state index is 0.0809. The Balaban J connectivity index is 2.11. The molecule has 0 fully saturated rings. The summed E-state index contributed by atoms with van der Waals surface area (Å²) in [5, 5.41) is 12.0. The molecule has 0 N–H and O–H groups in total. The molecule has 8 heteroatoms. The summed E-state index contributed by atoms with van der Waals surface area (Å²) in [4.78, 5) is 41.1. The third kappa shape index (κ3) is 4.53. The molecule has 1 aliphatic heterocycles. The average molecular weight is 422 g/mol. The quantitative estimate of drug-likeness (QED) is 0.302. The molecule has 0 amide bonds. The number of rotatable bonds is 6. The van der Waals surface area contributed by atoms with Gasteiger partial charge in [-0.1, -0.05) is 36.4 Å². The summed E-state index contributed by atoms with van der Waals surface area (Å²) < 4.78 is 10.8. The number of carbonyl (C=O) groups is 2. The lowest BCUT2D eigenvalue weighted by Gasteiger charge is -2.28. The highest BCUT2D eigenvalue weighted by molar-refractivity contribution is 5.99. The zero-order valence-corrected chi connectivity index (χ0v) is 17.4. The first-order chi connectivity index (χ1) is 14.8. The van der Waals surface area contributed by atoms with E-state index in [-0.39, 0.29) is 23.6 Å². The SMILES string of the molecule is CCOC(=O)C1=C(C)N=C(C)C([N+](=O)[O-])C1c1ccccc1OC(=O)c1ccccc1. The molecular weight excluding hydrogens is 400 g/mol. The molecule has 1 heterocycles. The lowest BCUT2D eigenvalue weighted by Crippen LogP contribution is -2.40. The largest absolute Gasteiger partial charge is 0.463 e. The van der Waals surface area contributed by atoms with Gasteiger partial charge in [-0.25, -0.2) is 9.59 Å². The number of aliphatic imine (C=N–C) groups is 1. The molecule has 3 rings (SSSR count). The molecule has 0 spiro atoms. The lowest BCUT2D eigenvalue weighted by atomic mass is 9.80. The molecule has 2 aromatic carbocycles. The van der Waals surface area contributed by atoms with Gasteiger partial charge in [-0.3, -0.25) is 15.1 Å². The van der Waals surface area contributed by atoms with Crippen molar-refractivity contribution in [2.45, 2.75) is 32.7 Å². The van der Waals surface area contributed by atoms with Crippen LogP contribution in [0.3, 0.4) is 0 Å². The standard InChI is InChI=1S/C23H22N2O6/c1-4-30-23(27)19-14(2)24-15(3)21(25(28)29)20(19)17-12-8-9-13-18(17)31-22(26)16-10-6-5-7-11-16/h5-13,20-21H,4H2,1-3H3. The van der Waals surface area contributed by atoms with Gasteiger partial charge in [-0.05, 0) is 39.0 Å². The normalized spacial score (nSPS) is 18.2. The van der Waals surface area contributed by atoms with Gasteiger partial charge in [-0.15, -0.1) is 0 Å². The fourth-order valence-electron chi connectivity index (χ4n) is 3.66. The molecule has 8 nitrogen and oxygen atoms in total. The highest BCUT2D eigenvalue weighted by atomic mass is 16.6. The van der Waals surface area contributed by atoms with E-state index in [0.717, 1.165) is 0 Å². The van der Waals surface area contributed by atoms with E-state index >= 15 is 0 Å². The number of benzene rings is 2. The van der Waals surface area contributed by atoms with Crippen molar-refractivity contribution in [2.75, 3.05) is 6.61 Å². The first kappa shape index (κ1) is 21.9. The number of para-hydroxylation sites is 1. The van der Waals surface area contributed by atoms with Crippen molar-refractivity contribution < 1.29 is 24.0 Å². The van der Waals surface area contributed by atoms with Gasteiger partial charge in [0.2, 0.25) is 0 Å². The number of ether oxygens (including phenoxy) is 2. The molecule has 31 heavy (non-hydrogen) atoms. The Kier molecular flexibility index (Phi) is 6.59. The fraction of sp³-hybridized carbons (Fsp3) is 0.261. The Labute approximate surface area is 179 Å². The predicted molar refractivity (Wildman–Crippen MR) is 114 cm³/mol. The second-order valence-electron chi connectivity index (χ2n) is 6.97. The summed E-state index contributed by atoms with van der Waals surface area (Å²) in [7, 11) is 0. The van der Waals surface area contributed by atoms with Crippen LogP contribution >= 0.6 is 0 Å². The third-order valence-electron chi connectivity index (χ3n) is 4.98. The van der Waals surface area contributed by atoms with E-state index in [4.69, 9.17) is 9.47 Å². The van der Waals surface area contributed by atoms with E-state index in [9.17, 15) is 19.7 Å². The van der Waals surface area contributed by atoms with Crippen LogP contribution in [0.1, 0.15) is 42.6 Å². The topological polar surface area (TPSA) is 108 Å². The van der Waals surface area contributed by atoms with Crippen LogP contribution in [0.5, 0.6) is 5.75 Å². The Bertz CT molecular complexity index is 1070. The average Bonchev–Trinajstić information content (AvgIpc) is 2.74. The van der Waals surface area contributed by atoms with Crippen molar-refractivity contribution in [3.05, 3.63) is 87.1 Å². The molecule has 2 atom stereocenters. The highest BCUT2D eigenvalue weighted by Gasteiger charge is 2.46. The Hall–Kier alpha value is -3.81. The van der Waals surface area contributed by atoms with Crippen LogP contribution in [0, 0.1) is 10.1 Å². The molecule has 160 valence electrons. The maximum absolute atomic E-state index is 12.7.